The second-order valence-corrected chi connectivity index (χ2v) is 5.42. The first kappa shape index (κ1) is 14.0. The zero-order chi connectivity index (χ0) is 14.0. The third-order valence-corrected chi connectivity index (χ3v) is 3.76. The lowest BCUT2D eigenvalue weighted by molar-refractivity contribution is 0.321. The summed E-state index contributed by atoms with van der Waals surface area (Å²) in [6.45, 7) is 7.71. The highest BCUT2D eigenvalue weighted by atomic mass is 19.1. The van der Waals surface area contributed by atoms with Crippen LogP contribution in [0.1, 0.15) is 33.6 Å². The summed E-state index contributed by atoms with van der Waals surface area (Å²) in [6, 6.07) is 3.59. The van der Waals surface area contributed by atoms with Gasteiger partial charge in [-0.05, 0) is 25.7 Å². The van der Waals surface area contributed by atoms with Crippen molar-refractivity contribution in [2.24, 2.45) is 5.92 Å². The van der Waals surface area contributed by atoms with Gasteiger partial charge in [-0.2, -0.15) is 0 Å². The molecule has 3 nitrogen and oxygen atoms in total. The zero-order valence-electron chi connectivity index (χ0n) is 11.9. The van der Waals surface area contributed by atoms with E-state index in [0.717, 1.165) is 18.7 Å². The van der Waals surface area contributed by atoms with Gasteiger partial charge in [0.05, 0.1) is 18.0 Å². The summed E-state index contributed by atoms with van der Waals surface area (Å²) in [5, 5.41) is 0. The lowest BCUT2D eigenvalue weighted by Crippen LogP contribution is -2.33. The van der Waals surface area contributed by atoms with Crippen molar-refractivity contribution in [3.05, 3.63) is 17.9 Å². The molecule has 0 saturated carbocycles. The molecule has 4 heteroatoms. The number of hydrogen-bond donors (Lipinski definition) is 1. The van der Waals surface area contributed by atoms with Crippen LogP contribution in [0.15, 0.2) is 12.1 Å². The molecule has 1 aliphatic heterocycles. The number of halogens is 1. The summed E-state index contributed by atoms with van der Waals surface area (Å²) in [5.41, 5.74) is 7.39. The van der Waals surface area contributed by atoms with Crippen LogP contribution < -0.4 is 15.4 Å². The second kappa shape index (κ2) is 5.68. The molecule has 0 spiro atoms. The summed E-state index contributed by atoms with van der Waals surface area (Å²) >= 11 is 0. The van der Waals surface area contributed by atoms with Crippen molar-refractivity contribution in [3.8, 4) is 5.75 Å². The highest BCUT2D eigenvalue weighted by molar-refractivity contribution is 5.71. The average molecular weight is 266 g/mol. The van der Waals surface area contributed by atoms with Crippen molar-refractivity contribution >= 4 is 11.4 Å². The standard InChI is InChI=1S/C15H23FN2O/c1-4-19-15-9-14(12(17)8-11(15)16)18-7-5-6-13(18)10(2)3/h8-10,13H,4-7,17H2,1-3H3. The molecule has 1 aromatic rings. The van der Waals surface area contributed by atoms with Gasteiger partial charge < -0.3 is 15.4 Å². The number of hydrogen-bond acceptors (Lipinski definition) is 3. The van der Waals surface area contributed by atoms with E-state index in [1.807, 2.05) is 6.92 Å². The van der Waals surface area contributed by atoms with E-state index in [1.54, 1.807) is 6.07 Å². The third-order valence-electron chi connectivity index (χ3n) is 3.76. The first-order valence-corrected chi connectivity index (χ1v) is 7.03. The van der Waals surface area contributed by atoms with Crippen molar-refractivity contribution in [1.82, 2.24) is 0 Å². The van der Waals surface area contributed by atoms with Crippen LogP contribution >= 0.6 is 0 Å². The highest BCUT2D eigenvalue weighted by Gasteiger charge is 2.29. The van der Waals surface area contributed by atoms with Crippen molar-refractivity contribution in [2.45, 2.75) is 39.7 Å². The van der Waals surface area contributed by atoms with Gasteiger partial charge in [0.25, 0.3) is 0 Å². The summed E-state index contributed by atoms with van der Waals surface area (Å²) in [7, 11) is 0. The minimum Gasteiger partial charge on any atom is -0.491 e. The maximum absolute atomic E-state index is 13.7. The number of anilines is 2. The van der Waals surface area contributed by atoms with Gasteiger partial charge in [-0.15, -0.1) is 0 Å². The van der Waals surface area contributed by atoms with E-state index in [4.69, 9.17) is 10.5 Å². The molecule has 106 valence electrons. The number of benzene rings is 1. The largest absolute Gasteiger partial charge is 0.491 e. The molecule has 0 aromatic heterocycles. The first-order valence-electron chi connectivity index (χ1n) is 7.03. The molecule has 0 aliphatic carbocycles. The Morgan fingerprint density at radius 1 is 1.47 bits per heavy atom. The molecule has 1 atom stereocenters. The third kappa shape index (κ3) is 2.77. The molecule has 1 saturated heterocycles. The van der Waals surface area contributed by atoms with E-state index < -0.39 is 0 Å². The quantitative estimate of drug-likeness (QED) is 0.848. The van der Waals surface area contributed by atoms with Gasteiger partial charge >= 0.3 is 0 Å². The van der Waals surface area contributed by atoms with E-state index in [2.05, 4.69) is 18.7 Å². The lowest BCUT2D eigenvalue weighted by Gasteiger charge is -2.31. The van der Waals surface area contributed by atoms with Gasteiger partial charge in [-0.25, -0.2) is 4.39 Å². The van der Waals surface area contributed by atoms with Crippen LogP contribution in [0.4, 0.5) is 15.8 Å². The molecule has 0 radical (unpaired) electrons. The fraction of sp³-hybridized carbons (Fsp3) is 0.600. The molecule has 1 heterocycles. The summed E-state index contributed by atoms with van der Waals surface area (Å²) in [4.78, 5) is 2.29. The summed E-state index contributed by atoms with van der Waals surface area (Å²) in [6.07, 6.45) is 2.32. The van der Waals surface area contributed by atoms with Crippen LogP contribution in [0, 0.1) is 11.7 Å². The lowest BCUT2D eigenvalue weighted by atomic mass is 10.0. The Kier molecular flexibility index (Phi) is 4.17. The van der Waals surface area contributed by atoms with Gasteiger partial charge in [0, 0.05) is 24.7 Å². The maximum Gasteiger partial charge on any atom is 0.167 e. The Labute approximate surface area is 114 Å². The van der Waals surface area contributed by atoms with Gasteiger partial charge in [-0.1, -0.05) is 13.8 Å². The van der Waals surface area contributed by atoms with Crippen LogP contribution in [0.5, 0.6) is 5.75 Å². The molecular weight excluding hydrogens is 243 g/mol. The summed E-state index contributed by atoms with van der Waals surface area (Å²) < 4.78 is 19.1. The first-order chi connectivity index (χ1) is 9.04. The molecule has 1 fully saturated rings. The normalized spacial score (nSPS) is 19.2. The van der Waals surface area contributed by atoms with E-state index in [9.17, 15) is 4.39 Å². The number of ether oxygens (including phenoxy) is 1. The Morgan fingerprint density at radius 2 is 2.21 bits per heavy atom. The predicted octanol–water partition coefficient (Wildman–Crippen LogP) is 3.43. The fourth-order valence-corrected chi connectivity index (χ4v) is 2.86. The number of nitrogen functional groups attached to an aromatic ring is 1. The predicted molar refractivity (Wildman–Crippen MR) is 77.2 cm³/mol. The smallest absolute Gasteiger partial charge is 0.167 e. The molecule has 0 amide bonds. The van der Waals surface area contributed by atoms with Gasteiger partial charge in [0.2, 0.25) is 0 Å². The Hall–Kier alpha value is -1.45. The van der Waals surface area contributed by atoms with E-state index in [-0.39, 0.29) is 5.82 Å². The second-order valence-electron chi connectivity index (χ2n) is 5.42. The maximum atomic E-state index is 13.7. The van der Waals surface area contributed by atoms with Crippen LogP contribution in [-0.4, -0.2) is 19.2 Å². The van der Waals surface area contributed by atoms with Crippen molar-refractivity contribution in [2.75, 3.05) is 23.8 Å². The Balaban J connectivity index is 2.35. The van der Waals surface area contributed by atoms with Crippen LogP contribution in [0.2, 0.25) is 0 Å². The number of nitrogens with zero attached hydrogens (tertiary/aromatic N) is 1. The Morgan fingerprint density at radius 3 is 2.84 bits per heavy atom. The minimum atomic E-state index is -0.386. The molecule has 1 aromatic carbocycles. The van der Waals surface area contributed by atoms with Gasteiger partial charge in [-0.3, -0.25) is 0 Å². The molecule has 1 aliphatic rings. The average Bonchev–Trinajstić information content (AvgIpc) is 2.81. The van der Waals surface area contributed by atoms with Crippen LogP contribution in [0.25, 0.3) is 0 Å². The van der Waals surface area contributed by atoms with Crippen LogP contribution in [0.3, 0.4) is 0 Å². The Bertz CT molecular complexity index is 448. The highest BCUT2D eigenvalue weighted by Crippen LogP contribution is 2.37. The number of nitrogens with two attached hydrogens (primary N) is 1. The topological polar surface area (TPSA) is 38.5 Å². The SMILES string of the molecule is CCOc1cc(N2CCCC2C(C)C)c(N)cc1F. The monoisotopic (exact) mass is 266 g/mol. The van der Waals surface area contributed by atoms with Crippen molar-refractivity contribution in [3.63, 3.8) is 0 Å². The van der Waals surface area contributed by atoms with Crippen LogP contribution in [-0.2, 0) is 0 Å². The van der Waals surface area contributed by atoms with E-state index in [0.29, 0.717) is 30.0 Å². The fourth-order valence-electron chi connectivity index (χ4n) is 2.86. The summed E-state index contributed by atoms with van der Waals surface area (Å²) in [5.74, 6) is 0.465. The van der Waals surface area contributed by atoms with Gasteiger partial charge in [0.1, 0.15) is 0 Å². The molecular formula is C15H23FN2O. The number of rotatable bonds is 4. The van der Waals surface area contributed by atoms with Crippen molar-refractivity contribution < 1.29 is 9.13 Å². The van der Waals surface area contributed by atoms with Gasteiger partial charge in [0.15, 0.2) is 11.6 Å². The zero-order valence-corrected chi connectivity index (χ0v) is 11.9. The molecule has 1 unspecified atom stereocenters. The molecule has 2 N–H and O–H groups in total. The molecule has 2 rings (SSSR count). The van der Waals surface area contributed by atoms with E-state index in [1.165, 1.54) is 12.5 Å². The molecule has 19 heavy (non-hydrogen) atoms. The van der Waals surface area contributed by atoms with Crippen molar-refractivity contribution in [1.29, 1.82) is 0 Å². The molecule has 0 bridgehead atoms. The minimum absolute atomic E-state index is 0.293. The van der Waals surface area contributed by atoms with E-state index >= 15 is 0 Å².